The molecule has 1 unspecified atom stereocenters. The molecule has 0 N–H and O–H groups in total. The summed E-state index contributed by atoms with van der Waals surface area (Å²) in [4.78, 5) is 0.946. The van der Waals surface area contributed by atoms with Crippen LogP contribution in [0.5, 0.6) is 5.75 Å². The molecule has 76 valence electrons. The summed E-state index contributed by atoms with van der Waals surface area (Å²) in [5.74, 6) is 0.856. The Morgan fingerprint density at radius 2 is 2.00 bits per heavy atom. The van der Waals surface area contributed by atoms with Crippen LogP contribution >= 0.6 is 12.6 Å². The van der Waals surface area contributed by atoms with Crippen LogP contribution < -0.4 is 4.74 Å². The van der Waals surface area contributed by atoms with Gasteiger partial charge in [-0.15, -0.1) is 12.6 Å². The summed E-state index contributed by atoms with van der Waals surface area (Å²) in [5.41, 5.74) is 0. The van der Waals surface area contributed by atoms with Crippen molar-refractivity contribution >= 4 is 12.6 Å². The average molecular weight is 210 g/mol. The number of rotatable bonds is 2. The molecule has 0 aromatic heterocycles. The maximum atomic E-state index is 5.65. The van der Waals surface area contributed by atoms with E-state index in [4.69, 9.17) is 9.47 Å². The zero-order valence-electron chi connectivity index (χ0n) is 7.98. The van der Waals surface area contributed by atoms with Crippen molar-refractivity contribution in [1.29, 1.82) is 0 Å². The smallest absolute Gasteiger partial charge is 0.199 e. The maximum absolute atomic E-state index is 5.65. The van der Waals surface area contributed by atoms with E-state index in [1.165, 1.54) is 6.42 Å². The van der Waals surface area contributed by atoms with Gasteiger partial charge in [-0.25, -0.2) is 0 Å². The van der Waals surface area contributed by atoms with Gasteiger partial charge in [0, 0.05) is 11.3 Å². The van der Waals surface area contributed by atoms with Gasteiger partial charge in [0.25, 0.3) is 0 Å². The Morgan fingerprint density at radius 3 is 2.64 bits per heavy atom. The van der Waals surface area contributed by atoms with Gasteiger partial charge in [-0.05, 0) is 37.1 Å². The Hall–Kier alpha value is -0.670. The first-order chi connectivity index (χ1) is 6.84. The van der Waals surface area contributed by atoms with Gasteiger partial charge < -0.3 is 9.47 Å². The van der Waals surface area contributed by atoms with Crippen LogP contribution in [0.3, 0.4) is 0 Å². The average Bonchev–Trinajstić information content (AvgIpc) is 2.23. The molecule has 1 atom stereocenters. The Bertz CT molecular complexity index is 278. The highest BCUT2D eigenvalue weighted by molar-refractivity contribution is 7.80. The first kappa shape index (κ1) is 9.87. The summed E-state index contributed by atoms with van der Waals surface area (Å²) in [5, 5.41) is 0. The summed E-state index contributed by atoms with van der Waals surface area (Å²) in [6.45, 7) is 0.815. The van der Waals surface area contributed by atoms with Crippen molar-refractivity contribution in [1.82, 2.24) is 0 Å². The van der Waals surface area contributed by atoms with Crippen molar-refractivity contribution < 1.29 is 9.47 Å². The van der Waals surface area contributed by atoms with Crippen molar-refractivity contribution in [2.75, 3.05) is 6.61 Å². The van der Waals surface area contributed by atoms with Crippen molar-refractivity contribution in [2.24, 2.45) is 0 Å². The third kappa shape index (κ3) is 2.66. The lowest BCUT2D eigenvalue weighted by Gasteiger charge is -2.23. The number of ether oxygens (including phenoxy) is 2. The second-order valence-corrected chi connectivity index (χ2v) is 3.92. The first-order valence-electron chi connectivity index (χ1n) is 4.92. The van der Waals surface area contributed by atoms with Crippen molar-refractivity contribution in [2.45, 2.75) is 30.4 Å². The maximum Gasteiger partial charge on any atom is 0.199 e. The highest BCUT2D eigenvalue weighted by Gasteiger charge is 2.14. The normalized spacial score (nSPS) is 21.9. The van der Waals surface area contributed by atoms with E-state index < -0.39 is 0 Å². The molecule has 1 heterocycles. The van der Waals surface area contributed by atoms with Gasteiger partial charge in [0.15, 0.2) is 6.29 Å². The fourth-order valence-electron chi connectivity index (χ4n) is 1.48. The number of hydrogen-bond acceptors (Lipinski definition) is 3. The van der Waals surface area contributed by atoms with Crippen molar-refractivity contribution in [3.05, 3.63) is 24.3 Å². The molecule has 0 aliphatic carbocycles. The number of thiol groups is 1. The summed E-state index contributed by atoms with van der Waals surface area (Å²) >= 11 is 4.21. The first-order valence-corrected chi connectivity index (χ1v) is 5.36. The van der Waals surface area contributed by atoms with E-state index in [9.17, 15) is 0 Å². The summed E-state index contributed by atoms with van der Waals surface area (Å²) in [6.07, 6.45) is 3.27. The highest BCUT2D eigenvalue weighted by atomic mass is 32.1. The second kappa shape index (κ2) is 4.71. The van der Waals surface area contributed by atoms with E-state index in [0.29, 0.717) is 0 Å². The standard InChI is InChI=1S/C11H14O2S/c14-10-6-4-9(5-7-10)13-11-3-1-2-8-12-11/h4-7,11,14H,1-3,8H2. The minimum Gasteiger partial charge on any atom is -0.465 e. The molecule has 2 rings (SSSR count). The van der Waals surface area contributed by atoms with Crippen molar-refractivity contribution in [3.63, 3.8) is 0 Å². The topological polar surface area (TPSA) is 18.5 Å². The zero-order chi connectivity index (χ0) is 9.80. The van der Waals surface area contributed by atoms with Crippen LogP contribution in [0.4, 0.5) is 0 Å². The quantitative estimate of drug-likeness (QED) is 0.757. The molecule has 0 bridgehead atoms. The lowest BCUT2D eigenvalue weighted by molar-refractivity contribution is -0.105. The monoisotopic (exact) mass is 210 g/mol. The van der Waals surface area contributed by atoms with Crippen LogP contribution in [-0.4, -0.2) is 12.9 Å². The van der Waals surface area contributed by atoms with Gasteiger partial charge in [0.2, 0.25) is 0 Å². The highest BCUT2D eigenvalue weighted by Crippen LogP contribution is 2.20. The third-order valence-electron chi connectivity index (χ3n) is 2.24. The Morgan fingerprint density at radius 1 is 1.21 bits per heavy atom. The van der Waals surface area contributed by atoms with E-state index in [-0.39, 0.29) is 6.29 Å². The SMILES string of the molecule is Sc1ccc(OC2CCCCO2)cc1. The van der Waals surface area contributed by atoms with E-state index in [1.54, 1.807) is 0 Å². The molecule has 0 radical (unpaired) electrons. The number of benzene rings is 1. The van der Waals surface area contributed by atoms with Crippen LogP contribution in [0, 0.1) is 0 Å². The van der Waals surface area contributed by atoms with Crippen molar-refractivity contribution in [3.8, 4) is 5.75 Å². The van der Waals surface area contributed by atoms with Gasteiger partial charge in [-0.1, -0.05) is 0 Å². The molecular weight excluding hydrogens is 196 g/mol. The lowest BCUT2D eigenvalue weighted by atomic mass is 10.2. The molecule has 1 fully saturated rings. The van der Waals surface area contributed by atoms with Gasteiger partial charge in [-0.2, -0.15) is 0 Å². The van der Waals surface area contributed by atoms with Gasteiger partial charge in [0.05, 0.1) is 6.61 Å². The molecule has 0 saturated carbocycles. The molecule has 0 amide bonds. The molecule has 1 aromatic rings. The number of hydrogen-bond donors (Lipinski definition) is 1. The predicted molar refractivity (Wildman–Crippen MR) is 57.9 cm³/mol. The van der Waals surface area contributed by atoms with Crippen LogP contribution in [0.25, 0.3) is 0 Å². The molecule has 1 aliphatic rings. The van der Waals surface area contributed by atoms with Gasteiger partial charge >= 0.3 is 0 Å². The molecular formula is C11H14O2S. The summed E-state index contributed by atoms with van der Waals surface area (Å²) < 4.78 is 11.1. The minimum atomic E-state index is -0.0606. The Balaban J connectivity index is 1.92. The molecule has 1 aliphatic heterocycles. The van der Waals surface area contributed by atoms with Crippen LogP contribution in [-0.2, 0) is 4.74 Å². The summed E-state index contributed by atoms with van der Waals surface area (Å²) in [6, 6.07) is 7.67. The van der Waals surface area contributed by atoms with Crippen LogP contribution in [0.15, 0.2) is 29.2 Å². The Labute approximate surface area is 89.6 Å². The van der Waals surface area contributed by atoms with E-state index in [0.717, 1.165) is 30.1 Å². The predicted octanol–water partition coefficient (Wildman–Crippen LogP) is 2.88. The fraction of sp³-hybridized carbons (Fsp3) is 0.455. The molecule has 14 heavy (non-hydrogen) atoms. The minimum absolute atomic E-state index is 0.0606. The van der Waals surface area contributed by atoms with Gasteiger partial charge in [-0.3, -0.25) is 0 Å². The van der Waals surface area contributed by atoms with E-state index in [1.807, 2.05) is 24.3 Å². The second-order valence-electron chi connectivity index (χ2n) is 3.41. The molecule has 2 nitrogen and oxygen atoms in total. The fourth-order valence-corrected chi connectivity index (χ4v) is 1.63. The Kier molecular flexibility index (Phi) is 3.32. The largest absolute Gasteiger partial charge is 0.465 e. The van der Waals surface area contributed by atoms with Gasteiger partial charge in [0.1, 0.15) is 5.75 Å². The van der Waals surface area contributed by atoms with Crippen LogP contribution in [0.1, 0.15) is 19.3 Å². The third-order valence-corrected chi connectivity index (χ3v) is 2.54. The van der Waals surface area contributed by atoms with E-state index >= 15 is 0 Å². The van der Waals surface area contributed by atoms with Crippen LogP contribution in [0.2, 0.25) is 0 Å². The molecule has 0 spiro atoms. The zero-order valence-corrected chi connectivity index (χ0v) is 8.87. The molecule has 1 saturated heterocycles. The molecule has 3 heteroatoms. The molecule has 1 aromatic carbocycles. The summed E-state index contributed by atoms with van der Waals surface area (Å²) in [7, 11) is 0. The lowest BCUT2D eigenvalue weighted by Crippen LogP contribution is -2.24. The van der Waals surface area contributed by atoms with E-state index in [2.05, 4.69) is 12.6 Å².